The number of aryl methyl sites for hydroxylation is 1. The molecule has 0 aromatic heterocycles. The molecule has 0 aliphatic rings. The van der Waals surface area contributed by atoms with Gasteiger partial charge in [-0.1, -0.05) is 11.6 Å². The molecule has 1 rings (SSSR count). The summed E-state index contributed by atoms with van der Waals surface area (Å²) in [6.07, 6.45) is 0. The summed E-state index contributed by atoms with van der Waals surface area (Å²) in [6, 6.07) is 1.71. The van der Waals surface area contributed by atoms with Gasteiger partial charge >= 0.3 is 0 Å². The van der Waals surface area contributed by atoms with Gasteiger partial charge in [-0.3, -0.25) is 0 Å². The predicted octanol–water partition coefficient (Wildman–Crippen LogP) is 1.82. The Labute approximate surface area is 82.1 Å². The van der Waals surface area contributed by atoms with Crippen molar-refractivity contribution in [1.29, 1.82) is 0 Å². The van der Waals surface area contributed by atoms with Crippen LogP contribution < -0.4 is 10.5 Å². The van der Waals surface area contributed by atoms with Gasteiger partial charge in [0.2, 0.25) is 0 Å². The van der Waals surface area contributed by atoms with E-state index < -0.39 is 0 Å². The van der Waals surface area contributed by atoms with Crippen molar-refractivity contribution >= 4 is 11.6 Å². The summed E-state index contributed by atoms with van der Waals surface area (Å²) in [4.78, 5) is 0. The van der Waals surface area contributed by atoms with Crippen LogP contribution in [0.25, 0.3) is 0 Å². The minimum absolute atomic E-state index is 0.0461. The standard InChI is InChI=1S/C9H12ClNO2/c1-5-3-7(13-2)9(12)8(10)6(5)4-11/h3,12H,4,11H2,1-2H3. The molecule has 0 spiro atoms. The second-order valence-corrected chi connectivity index (χ2v) is 3.12. The Morgan fingerprint density at radius 1 is 1.62 bits per heavy atom. The van der Waals surface area contributed by atoms with Gasteiger partial charge in [0.05, 0.1) is 12.1 Å². The first-order chi connectivity index (χ1) is 6.11. The number of rotatable bonds is 2. The highest BCUT2D eigenvalue weighted by Crippen LogP contribution is 2.38. The van der Waals surface area contributed by atoms with E-state index in [2.05, 4.69) is 0 Å². The molecule has 0 unspecified atom stereocenters. The third-order valence-electron chi connectivity index (χ3n) is 1.95. The lowest BCUT2D eigenvalue weighted by Gasteiger charge is -2.11. The summed E-state index contributed by atoms with van der Waals surface area (Å²) in [6.45, 7) is 2.18. The lowest BCUT2D eigenvalue weighted by Crippen LogP contribution is -2.01. The number of benzene rings is 1. The Balaban J connectivity index is 3.37. The van der Waals surface area contributed by atoms with Crippen LogP contribution in [0.4, 0.5) is 0 Å². The smallest absolute Gasteiger partial charge is 0.177 e. The minimum Gasteiger partial charge on any atom is -0.503 e. The molecule has 0 atom stereocenters. The van der Waals surface area contributed by atoms with Gasteiger partial charge in [0.15, 0.2) is 11.5 Å². The molecule has 72 valence electrons. The fourth-order valence-electron chi connectivity index (χ4n) is 1.18. The number of halogens is 1. The largest absolute Gasteiger partial charge is 0.503 e. The molecule has 3 N–H and O–H groups in total. The van der Waals surface area contributed by atoms with E-state index >= 15 is 0 Å². The van der Waals surface area contributed by atoms with Gasteiger partial charge < -0.3 is 15.6 Å². The number of phenols is 1. The third-order valence-corrected chi connectivity index (χ3v) is 2.36. The number of phenolic OH excluding ortho intramolecular Hbond substituents is 1. The van der Waals surface area contributed by atoms with Crippen LogP contribution in [0.3, 0.4) is 0 Å². The molecule has 4 heteroatoms. The Hall–Kier alpha value is -0.930. The van der Waals surface area contributed by atoms with Crippen LogP contribution in [0.5, 0.6) is 11.5 Å². The van der Waals surface area contributed by atoms with Crippen molar-refractivity contribution in [3.05, 3.63) is 22.2 Å². The zero-order chi connectivity index (χ0) is 10.0. The molecular formula is C9H12ClNO2. The summed E-state index contributed by atoms with van der Waals surface area (Å²) >= 11 is 5.87. The normalized spacial score (nSPS) is 10.2. The molecule has 0 saturated carbocycles. The number of hydrogen-bond donors (Lipinski definition) is 2. The van der Waals surface area contributed by atoms with Crippen molar-refractivity contribution in [2.75, 3.05) is 7.11 Å². The quantitative estimate of drug-likeness (QED) is 0.768. The molecule has 0 aliphatic heterocycles. The minimum atomic E-state index is -0.0461. The topological polar surface area (TPSA) is 55.5 Å². The lowest BCUT2D eigenvalue weighted by atomic mass is 10.1. The van der Waals surface area contributed by atoms with Crippen LogP contribution in [-0.2, 0) is 6.54 Å². The zero-order valence-electron chi connectivity index (χ0n) is 7.60. The number of methoxy groups -OCH3 is 1. The van der Waals surface area contributed by atoms with Crippen molar-refractivity contribution in [3.8, 4) is 11.5 Å². The summed E-state index contributed by atoms with van der Waals surface area (Å²) in [5.74, 6) is 0.329. The van der Waals surface area contributed by atoms with E-state index in [1.54, 1.807) is 6.07 Å². The SMILES string of the molecule is COc1cc(C)c(CN)c(Cl)c1O. The molecule has 0 fully saturated rings. The van der Waals surface area contributed by atoms with Crippen molar-refractivity contribution in [3.63, 3.8) is 0 Å². The zero-order valence-corrected chi connectivity index (χ0v) is 8.35. The fraction of sp³-hybridized carbons (Fsp3) is 0.333. The van der Waals surface area contributed by atoms with Crippen LogP contribution in [-0.4, -0.2) is 12.2 Å². The predicted molar refractivity (Wildman–Crippen MR) is 52.3 cm³/mol. The van der Waals surface area contributed by atoms with E-state index in [1.165, 1.54) is 7.11 Å². The van der Waals surface area contributed by atoms with Crippen molar-refractivity contribution in [1.82, 2.24) is 0 Å². The van der Waals surface area contributed by atoms with Crippen molar-refractivity contribution in [2.24, 2.45) is 5.73 Å². The van der Waals surface area contributed by atoms with Crippen LogP contribution in [0.1, 0.15) is 11.1 Å². The van der Waals surface area contributed by atoms with E-state index in [4.69, 9.17) is 22.1 Å². The second kappa shape index (κ2) is 3.85. The van der Waals surface area contributed by atoms with E-state index in [1.807, 2.05) is 6.92 Å². The van der Waals surface area contributed by atoms with E-state index in [-0.39, 0.29) is 10.8 Å². The Morgan fingerprint density at radius 3 is 2.69 bits per heavy atom. The molecule has 1 aromatic rings. The molecule has 0 saturated heterocycles. The van der Waals surface area contributed by atoms with Gasteiger partial charge in [-0.15, -0.1) is 0 Å². The average Bonchev–Trinajstić information content (AvgIpc) is 2.12. The maximum Gasteiger partial charge on any atom is 0.177 e. The van der Waals surface area contributed by atoms with Crippen LogP contribution in [0, 0.1) is 6.92 Å². The monoisotopic (exact) mass is 201 g/mol. The molecule has 3 nitrogen and oxygen atoms in total. The number of ether oxygens (including phenoxy) is 1. The summed E-state index contributed by atoms with van der Waals surface area (Å²) < 4.78 is 4.93. The van der Waals surface area contributed by atoms with Crippen LogP contribution in [0.2, 0.25) is 5.02 Å². The first kappa shape index (κ1) is 10.2. The molecule has 0 radical (unpaired) electrons. The van der Waals surface area contributed by atoms with Crippen molar-refractivity contribution < 1.29 is 9.84 Å². The van der Waals surface area contributed by atoms with Gasteiger partial charge in [0, 0.05) is 6.54 Å². The Kier molecular flexibility index (Phi) is 3.01. The average molecular weight is 202 g/mol. The maximum absolute atomic E-state index is 9.52. The van der Waals surface area contributed by atoms with Crippen LogP contribution in [0.15, 0.2) is 6.07 Å². The second-order valence-electron chi connectivity index (χ2n) is 2.74. The van der Waals surface area contributed by atoms with Gasteiger partial charge in [-0.05, 0) is 24.1 Å². The van der Waals surface area contributed by atoms with Gasteiger partial charge in [-0.2, -0.15) is 0 Å². The molecule has 0 aliphatic carbocycles. The summed E-state index contributed by atoms with van der Waals surface area (Å²) in [7, 11) is 1.48. The molecular weight excluding hydrogens is 190 g/mol. The highest BCUT2D eigenvalue weighted by molar-refractivity contribution is 6.33. The summed E-state index contributed by atoms with van der Waals surface area (Å²) in [5.41, 5.74) is 7.14. The number of nitrogens with two attached hydrogens (primary N) is 1. The van der Waals surface area contributed by atoms with E-state index in [0.29, 0.717) is 12.3 Å². The molecule has 0 heterocycles. The van der Waals surface area contributed by atoms with Crippen molar-refractivity contribution in [2.45, 2.75) is 13.5 Å². The highest BCUT2D eigenvalue weighted by atomic mass is 35.5. The molecule has 0 bridgehead atoms. The molecule has 0 amide bonds. The van der Waals surface area contributed by atoms with Crippen LogP contribution >= 0.6 is 11.6 Å². The highest BCUT2D eigenvalue weighted by Gasteiger charge is 2.12. The fourth-order valence-corrected chi connectivity index (χ4v) is 1.50. The van der Waals surface area contributed by atoms with E-state index in [0.717, 1.165) is 11.1 Å². The summed E-state index contributed by atoms with van der Waals surface area (Å²) in [5, 5.41) is 9.80. The Bertz CT molecular complexity index is 326. The van der Waals surface area contributed by atoms with E-state index in [9.17, 15) is 5.11 Å². The molecule has 13 heavy (non-hydrogen) atoms. The lowest BCUT2D eigenvalue weighted by molar-refractivity contribution is 0.373. The number of aromatic hydroxyl groups is 1. The first-order valence-electron chi connectivity index (χ1n) is 3.86. The van der Waals surface area contributed by atoms with Gasteiger partial charge in [0.1, 0.15) is 0 Å². The number of hydrogen-bond acceptors (Lipinski definition) is 3. The maximum atomic E-state index is 9.52. The third kappa shape index (κ3) is 1.71. The Morgan fingerprint density at radius 2 is 2.23 bits per heavy atom. The molecule has 1 aromatic carbocycles. The first-order valence-corrected chi connectivity index (χ1v) is 4.24. The van der Waals surface area contributed by atoms with Gasteiger partial charge in [0.25, 0.3) is 0 Å². The van der Waals surface area contributed by atoms with Gasteiger partial charge in [-0.25, -0.2) is 0 Å².